The van der Waals surface area contributed by atoms with Gasteiger partial charge in [-0.3, -0.25) is 4.79 Å². The van der Waals surface area contributed by atoms with Crippen LogP contribution < -0.4 is 0 Å². The van der Waals surface area contributed by atoms with Crippen LogP contribution in [0, 0.1) is 0 Å². The summed E-state index contributed by atoms with van der Waals surface area (Å²) in [6.07, 6.45) is 3.70. The van der Waals surface area contributed by atoms with Crippen molar-refractivity contribution in [3.8, 4) is 0 Å². The number of hydrogen-bond donors (Lipinski definition) is 0. The molecule has 0 spiro atoms. The van der Waals surface area contributed by atoms with E-state index in [2.05, 4.69) is 9.97 Å². The van der Waals surface area contributed by atoms with E-state index >= 15 is 0 Å². The first-order chi connectivity index (χ1) is 10.5. The Bertz CT molecular complexity index is 816. The lowest BCUT2D eigenvalue weighted by molar-refractivity contribution is 0.101. The molecule has 0 N–H and O–H groups in total. The molecule has 2 aromatic rings. The van der Waals surface area contributed by atoms with E-state index in [1.165, 1.54) is 41.8 Å². The van der Waals surface area contributed by atoms with Crippen LogP contribution in [0.3, 0.4) is 0 Å². The predicted molar refractivity (Wildman–Crippen MR) is 79.8 cm³/mol. The van der Waals surface area contributed by atoms with Gasteiger partial charge in [-0.05, 0) is 19.1 Å². The number of ketones is 1. The van der Waals surface area contributed by atoms with Crippen LogP contribution in [0.15, 0.2) is 41.7 Å². The zero-order valence-electron chi connectivity index (χ0n) is 12.1. The Kier molecular flexibility index (Phi) is 3.76. The quantitative estimate of drug-likeness (QED) is 0.800. The van der Waals surface area contributed by atoms with Crippen molar-refractivity contribution in [1.82, 2.24) is 14.3 Å². The zero-order valence-corrected chi connectivity index (χ0v) is 12.9. The molecule has 0 radical (unpaired) electrons. The summed E-state index contributed by atoms with van der Waals surface area (Å²) in [6, 6.07) is 6.03. The first kappa shape index (κ1) is 14.8. The Morgan fingerprint density at radius 3 is 2.64 bits per heavy atom. The van der Waals surface area contributed by atoms with Gasteiger partial charge >= 0.3 is 0 Å². The van der Waals surface area contributed by atoms with Gasteiger partial charge in [-0.2, -0.15) is 4.31 Å². The van der Waals surface area contributed by atoms with Gasteiger partial charge in [-0.25, -0.2) is 18.4 Å². The second-order valence-electron chi connectivity index (χ2n) is 5.16. The van der Waals surface area contributed by atoms with Crippen LogP contribution in [0.4, 0.5) is 0 Å². The van der Waals surface area contributed by atoms with Gasteiger partial charge in [0.05, 0.1) is 4.90 Å². The summed E-state index contributed by atoms with van der Waals surface area (Å²) in [5.74, 6) is -0.0898. The number of hydrogen-bond acceptors (Lipinski definition) is 5. The third-order valence-electron chi connectivity index (χ3n) is 3.72. The van der Waals surface area contributed by atoms with Crippen molar-refractivity contribution < 1.29 is 13.2 Å². The number of aromatic nitrogens is 2. The van der Waals surface area contributed by atoms with E-state index < -0.39 is 10.0 Å². The van der Waals surface area contributed by atoms with Crippen molar-refractivity contribution in [2.75, 3.05) is 6.54 Å². The fourth-order valence-electron chi connectivity index (χ4n) is 2.46. The van der Waals surface area contributed by atoms with Crippen LogP contribution in [-0.2, 0) is 23.0 Å². The topological polar surface area (TPSA) is 80.2 Å². The molecule has 0 atom stereocenters. The van der Waals surface area contributed by atoms with Gasteiger partial charge in [0.2, 0.25) is 10.0 Å². The Hall–Kier alpha value is -2.12. The molecule has 6 nitrogen and oxygen atoms in total. The second-order valence-corrected chi connectivity index (χ2v) is 7.10. The fourth-order valence-corrected chi connectivity index (χ4v) is 3.88. The number of sulfonamides is 1. The van der Waals surface area contributed by atoms with Crippen LogP contribution in [0.25, 0.3) is 0 Å². The molecule has 1 aliphatic heterocycles. The van der Waals surface area contributed by atoms with E-state index in [-0.39, 0.29) is 17.2 Å². The lowest BCUT2D eigenvalue weighted by Gasteiger charge is -2.27. The number of nitrogens with zero attached hydrogens (tertiary/aromatic N) is 3. The molecule has 114 valence electrons. The van der Waals surface area contributed by atoms with Gasteiger partial charge in [0.25, 0.3) is 0 Å². The molecule has 0 saturated carbocycles. The number of rotatable bonds is 3. The SMILES string of the molecule is CC(=O)c1ccc(S(=O)(=O)N2CCc3ncncc3C2)cc1. The molecule has 0 saturated heterocycles. The largest absolute Gasteiger partial charge is 0.295 e. The zero-order chi connectivity index (χ0) is 15.7. The fraction of sp³-hybridized carbons (Fsp3) is 0.267. The summed E-state index contributed by atoms with van der Waals surface area (Å²) in [6.45, 7) is 2.11. The lowest BCUT2D eigenvalue weighted by atomic mass is 10.1. The Morgan fingerprint density at radius 2 is 1.95 bits per heavy atom. The number of carbonyl (C=O) groups is 1. The number of carbonyl (C=O) groups excluding carboxylic acids is 1. The third-order valence-corrected chi connectivity index (χ3v) is 5.58. The van der Waals surface area contributed by atoms with E-state index in [1.807, 2.05) is 0 Å². The molecule has 0 amide bonds. The van der Waals surface area contributed by atoms with Gasteiger partial charge in [0, 0.05) is 42.5 Å². The van der Waals surface area contributed by atoms with Crippen molar-refractivity contribution in [1.29, 1.82) is 0 Å². The molecular formula is C15H15N3O3S. The Morgan fingerprint density at radius 1 is 1.23 bits per heavy atom. The molecule has 0 aliphatic carbocycles. The standard InChI is InChI=1S/C15H15N3O3S/c1-11(19)12-2-4-14(5-3-12)22(20,21)18-7-6-15-13(9-18)8-16-10-17-15/h2-5,8,10H,6-7,9H2,1H3. The van der Waals surface area contributed by atoms with Gasteiger partial charge in [0.15, 0.2) is 5.78 Å². The monoisotopic (exact) mass is 317 g/mol. The average Bonchev–Trinajstić information content (AvgIpc) is 2.54. The van der Waals surface area contributed by atoms with Crippen molar-refractivity contribution in [3.63, 3.8) is 0 Å². The van der Waals surface area contributed by atoms with Crippen LogP contribution in [0.5, 0.6) is 0 Å². The van der Waals surface area contributed by atoms with Crippen molar-refractivity contribution >= 4 is 15.8 Å². The molecule has 0 unspecified atom stereocenters. The highest BCUT2D eigenvalue weighted by Gasteiger charge is 2.28. The average molecular weight is 317 g/mol. The van der Waals surface area contributed by atoms with E-state index in [0.717, 1.165) is 11.3 Å². The lowest BCUT2D eigenvalue weighted by Crippen LogP contribution is -2.36. The molecule has 0 bridgehead atoms. The molecule has 2 heterocycles. The van der Waals surface area contributed by atoms with Gasteiger partial charge < -0.3 is 0 Å². The highest BCUT2D eigenvalue weighted by atomic mass is 32.2. The molecule has 1 aliphatic rings. The number of fused-ring (bicyclic) bond motifs is 1. The minimum Gasteiger partial charge on any atom is -0.295 e. The molecule has 3 rings (SSSR count). The van der Waals surface area contributed by atoms with E-state index in [1.54, 1.807) is 6.20 Å². The van der Waals surface area contributed by atoms with E-state index in [4.69, 9.17) is 0 Å². The molecule has 1 aromatic heterocycles. The van der Waals surface area contributed by atoms with Crippen molar-refractivity contribution in [2.24, 2.45) is 0 Å². The number of benzene rings is 1. The van der Waals surface area contributed by atoms with Crippen molar-refractivity contribution in [2.45, 2.75) is 24.8 Å². The normalized spacial score (nSPS) is 15.3. The molecule has 1 aromatic carbocycles. The smallest absolute Gasteiger partial charge is 0.243 e. The Labute approximate surface area is 128 Å². The maximum absolute atomic E-state index is 12.7. The van der Waals surface area contributed by atoms with Crippen LogP contribution >= 0.6 is 0 Å². The summed E-state index contributed by atoms with van der Waals surface area (Å²) in [4.78, 5) is 19.6. The highest BCUT2D eigenvalue weighted by Crippen LogP contribution is 2.23. The summed E-state index contributed by atoms with van der Waals surface area (Å²) in [7, 11) is -3.58. The minimum absolute atomic E-state index is 0.0898. The van der Waals surface area contributed by atoms with Gasteiger partial charge in [-0.1, -0.05) is 12.1 Å². The van der Waals surface area contributed by atoms with Crippen LogP contribution in [0.1, 0.15) is 28.5 Å². The van der Waals surface area contributed by atoms with Gasteiger partial charge in [-0.15, -0.1) is 0 Å². The minimum atomic E-state index is -3.58. The molecule has 0 fully saturated rings. The number of Topliss-reactive ketones (excluding diaryl/α,β-unsaturated/α-hetero) is 1. The summed E-state index contributed by atoms with van der Waals surface area (Å²) < 4.78 is 26.8. The van der Waals surface area contributed by atoms with Crippen LogP contribution in [-0.4, -0.2) is 35.0 Å². The maximum atomic E-state index is 12.7. The predicted octanol–water partition coefficient (Wildman–Crippen LogP) is 1.43. The first-order valence-corrected chi connectivity index (χ1v) is 8.31. The third kappa shape index (κ3) is 2.65. The van der Waals surface area contributed by atoms with E-state index in [9.17, 15) is 13.2 Å². The summed E-state index contributed by atoms with van der Waals surface area (Å²) >= 11 is 0. The summed E-state index contributed by atoms with van der Waals surface area (Å²) in [5.41, 5.74) is 2.22. The first-order valence-electron chi connectivity index (χ1n) is 6.87. The van der Waals surface area contributed by atoms with Crippen molar-refractivity contribution in [3.05, 3.63) is 53.6 Å². The summed E-state index contributed by atoms with van der Waals surface area (Å²) in [5, 5.41) is 0. The molecule has 22 heavy (non-hydrogen) atoms. The maximum Gasteiger partial charge on any atom is 0.243 e. The molecule has 7 heteroatoms. The second kappa shape index (κ2) is 5.58. The Balaban J connectivity index is 1.89. The van der Waals surface area contributed by atoms with E-state index in [0.29, 0.717) is 18.5 Å². The van der Waals surface area contributed by atoms with Crippen LogP contribution in [0.2, 0.25) is 0 Å². The highest BCUT2D eigenvalue weighted by molar-refractivity contribution is 7.89. The molecular weight excluding hydrogens is 302 g/mol. The van der Waals surface area contributed by atoms with Gasteiger partial charge in [0.1, 0.15) is 6.33 Å².